The van der Waals surface area contributed by atoms with Crippen molar-refractivity contribution >= 4 is 17.4 Å². The van der Waals surface area contributed by atoms with Crippen LogP contribution >= 0.6 is 0 Å². The van der Waals surface area contributed by atoms with Crippen molar-refractivity contribution in [3.63, 3.8) is 0 Å². The smallest absolute Gasteiger partial charge is 0.303 e. The predicted octanol–water partition coefficient (Wildman–Crippen LogP) is 8.20. The highest BCUT2D eigenvalue weighted by Gasteiger charge is 2.23. The molecule has 1 fully saturated rings. The van der Waals surface area contributed by atoms with E-state index in [1.165, 1.54) is 16.7 Å². The number of rotatable bonds is 8. The number of carboxylic acid groups (broad SMARTS) is 1. The number of benzene rings is 2. The van der Waals surface area contributed by atoms with Gasteiger partial charge >= 0.3 is 5.97 Å². The minimum absolute atomic E-state index is 0.317. The van der Waals surface area contributed by atoms with Crippen LogP contribution in [0.5, 0.6) is 0 Å². The lowest BCUT2D eigenvalue weighted by molar-refractivity contribution is -0.138. The van der Waals surface area contributed by atoms with Gasteiger partial charge in [-0.1, -0.05) is 66.8 Å². The SMILES string of the molecule is C=CC/C=C\C1=NC(c2ccc(-c3ccc(C4CCC(CC(=O)O)CC4)cc3)cc2)=CCCC1. The van der Waals surface area contributed by atoms with Crippen LogP contribution in [0.15, 0.2) is 84.4 Å². The zero-order chi connectivity index (χ0) is 23.8. The Balaban J connectivity index is 1.41. The van der Waals surface area contributed by atoms with Gasteiger partial charge in [0.1, 0.15) is 0 Å². The van der Waals surface area contributed by atoms with Crippen LogP contribution in [0.2, 0.25) is 0 Å². The quantitative estimate of drug-likeness (QED) is 0.409. The number of aliphatic carboxylic acids is 1. The molecule has 176 valence electrons. The van der Waals surface area contributed by atoms with Crippen LogP contribution in [0.25, 0.3) is 16.8 Å². The van der Waals surface area contributed by atoms with Crippen molar-refractivity contribution in [1.29, 1.82) is 0 Å². The fraction of sp³-hybridized carbons (Fsp3) is 0.355. The van der Waals surface area contributed by atoms with E-state index < -0.39 is 5.97 Å². The van der Waals surface area contributed by atoms with Gasteiger partial charge in [0.05, 0.1) is 5.70 Å². The molecule has 1 N–H and O–H groups in total. The summed E-state index contributed by atoms with van der Waals surface area (Å²) in [5.74, 6) is 0.233. The van der Waals surface area contributed by atoms with Crippen LogP contribution < -0.4 is 0 Å². The van der Waals surface area contributed by atoms with Gasteiger partial charge in [-0.3, -0.25) is 9.79 Å². The summed E-state index contributed by atoms with van der Waals surface area (Å²) in [6, 6.07) is 17.7. The van der Waals surface area contributed by atoms with E-state index in [2.05, 4.69) is 73.3 Å². The summed E-state index contributed by atoms with van der Waals surface area (Å²) in [7, 11) is 0. The van der Waals surface area contributed by atoms with Gasteiger partial charge in [0.2, 0.25) is 0 Å². The number of carboxylic acids is 1. The van der Waals surface area contributed by atoms with Gasteiger partial charge in [0.25, 0.3) is 0 Å². The molecule has 0 atom stereocenters. The summed E-state index contributed by atoms with van der Waals surface area (Å²) in [5.41, 5.74) is 7.18. The Hall–Kier alpha value is -3.20. The van der Waals surface area contributed by atoms with Gasteiger partial charge in [-0.05, 0) is 91.5 Å². The summed E-state index contributed by atoms with van der Waals surface area (Å²) >= 11 is 0. The van der Waals surface area contributed by atoms with Crippen molar-refractivity contribution < 1.29 is 9.90 Å². The van der Waals surface area contributed by atoms with Gasteiger partial charge < -0.3 is 5.11 Å². The molecular weight excluding hydrogens is 418 g/mol. The third-order valence-electron chi connectivity index (χ3n) is 7.06. The molecule has 2 aliphatic rings. The lowest BCUT2D eigenvalue weighted by Crippen LogP contribution is -2.16. The monoisotopic (exact) mass is 453 g/mol. The Labute approximate surface area is 203 Å². The summed E-state index contributed by atoms with van der Waals surface area (Å²) in [6.07, 6.45) is 17.0. The van der Waals surface area contributed by atoms with Crippen molar-refractivity contribution in [2.45, 2.75) is 63.7 Å². The Bertz CT molecular complexity index is 1070. The van der Waals surface area contributed by atoms with Gasteiger partial charge in [-0.25, -0.2) is 0 Å². The van der Waals surface area contributed by atoms with E-state index in [0.717, 1.165) is 68.3 Å². The molecule has 4 rings (SSSR count). The predicted molar refractivity (Wildman–Crippen MR) is 142 cm³/mol. The molecule has 0 aromatic heterocycles. The molecule has 2 aromatic carbocycles. The van der Waals surface area contributed by atoms with E-state index >= 15 is 0 Å². The molecule has 0 saturated heterocycles. The number of hydrogen-bond donors (Lipinski definition) is 1. The Morgan fingerprint density at radius 2 is 1.62 bits per heavy atom. The minimum Gasteiger partial charge on any atom is -0.481 e. The number of aliphatic imine (C=N–C) groups is 1. The summed E-state index contributed by atoms with van der Waals surface area (Å²) in [5, 5.41) is 9.03. The van der Waals surface area contributed by atoms with Gasteiger partial charge in [0, 0.05) is 12.1 Å². The second-order valence-corrected chi connectivity index (χ2v) is 9.53. The first-order valence-electron chi connectivity index (χ1n) is 12.6. The molecule has 0 unspecified atom stereocenters. The Morgan fingerprint density at radius 3 is 2.26 bits per heavy atom. The molecule has 3 heteroatoms. The third-order valence-corrected chi connectivity index (χ3v) is 7.06. The average molecular weight is 454 g/mol. The molecule has 3 nitrogen and oxygen atoms in total. The number of nitrogens with zero attached hydrogens (tertiary/aromatic N) is 1. The summed E-state index contributed by atoms with van der Waals surface area (Å²) < 4.78 is 0. The van der Waals surface area contributed by atoms with Crippen LogP contribution in [-0.4, -0.2) is 16.8 Å². The van der Waals surface area contributed by atoms with Crippen molar-refractivity contribution in [1.82, 2.24) is 0 Å². The van der Waals surface area contributed by atoms with E-state index in [0.29, 0.717) is 18.3 Å². The van der Waals surface area contributed by atoms with E-state index in [-0.39, 0.29) is 0 Å². The van der Waals surface area contributed by atoms with Crippen molar-refractivity contribution in [2.24, 2.45) is 10.9 Å². The molecule has 1 aliphatic carbocycles. The lowest BCUT2D eigenvalue weighted by Gasteiger charge is -2.28. The third kappa shape index (κ3) is 6.44. The second kappa shape index (κ2) is 11.8. The molecular formula is C31H35NO2. The van der Waals surface area contributed by atoms with Crippen LogP contribution in [0.3, 0.4) is 0 Å². The number of allylic oxidation sites excluding steroid dienone is 4. The number of hydrogen-bond acceptors (Lipinski definition) is 2. The average Bonchev–Trinajstić information content (AvgIpc) is 3.10. The first-order chi connectivity index (χ1) is 16.6. The molecule has 1 heterocycles. The maximum Gasteiger partial charge on any atom is 0.303 e. The van der Waals surface area contributed by atoms with E-state index in [4.69, 9.17) is 10.1 Å². The summed E-state index contributed by atoms with van der Waals surface area (Å²) in [4.78, 5) is 15.9. The van der Waals surface area contributed by atoms with Crippen LogP contribution in [-0.2, 0) is 4.79 Å². The van der Waals surface area contributed by atoms with Crippen LogP contribution in [0.4, 0.5) is 0 Å². The van der Waals surface area contributed by atoms with E-state index in [1.807, 2.05) is 6.08 Å². The Morgan fingerprint density at radius 1 is 0.971 bits per heavy atom. The topological polar surface area (TPSA) is 49.7 Å². The first-order valence-corrected chi connectivity index (χ1v) is 12.6. The highest BCUT2D eigenvalue weighted by Crippen LogP contribution is 2.37. The van der Waals surface area contributed by atoms with E-state index in [1.54, 1.807) is 0 Å². The fourth-order valence-corrected chi connectivity index (χ4v) is 5.11. The van der Waals surface area contributed by atoms with Crippen molar-refractivity contribution in [3.8, 4) is 11.1 Å². The molecule has 1 saturated carbocycles. The molecule has 0 bridgehead atoms. The van der Waals surface area contributed by atoms with Crippen LogP contribution in [0, 0.1) is 5.92 Å². The number of carbonyl (C=O) groups is 1. The Kier molecular flexibility index (Phi) is 8.30. The fourth-order valence-electron chi connectivity index (χ4n) is 5.11. The molecule has 0 radical (unpaired) electrons. The maximum absolute atomic E-state index is 11.0. The molecule has 2 aromatic rings. The zero-order valence-electron chi connectivity index (χ0n) is 20.0. The highest BCUT2D eigenvalue weighted by atomic mass is 16.4. The van der Waals surface area contributed by atoms with Crippen LogP contribution in [0.1, 0.15) is 74.8 Å². The van der Waals surface area contributed by atoms with Crippen molar-refractivity contribution in [3.05, 3.63) is 90.5 Å². The second-order valence-electron chi connectivity index (χ2n) is 9.53. The minimum atomic E-state index is -0.665. The largest absolute Gasteiger partial charge is 0.481 e. The standard InChI is InChI=1S/C31H35NO2/c1-2-3-4-7-29-8-5-6-9-30(32-29)28-20-18-27(19-21-28)26-16-14-25(15-17-26)24-12-10-23(11-13-24)22-31(33)34/h2,4,7,9,14-21,23-24H,1,3,5-6,8,10-13,22H2,(H,33,34)/b7-4-. The molecule has 0 amide bonds. The van der Waals surface area contributed by atoms with Crippen molar-refractivity contribution in [2.75, 3.05) is 0 Å². The molecule has 1 aliphatic heterocycles. The summed E-state index contributed by atoms with van der Waals surface area (Å²) in [6.45, 7) is 3.78. The van der Waals surface area contributed by atoms with Gasteiger partial charge in [0.15, 0.2) is 0 Å². The van der Waals surface area contributed by atoms with E-state index in [9.17, 15) is 4.79 Å². The highest BCUT2D eigenvalue weighted by molar-refractivity contribution is 5.99. The van der Waals surface area contributed by atoms with Gasteiger partial charge in [-0.15, -0.1) is 6.58 Å². The first kappa shape index (κ1) is 23.9. The maximum atomic E-state index is 11.0. The molecule has 0 spiro atoms. The normalized spacial score (nSPS) is 20.9. The zero-order valence-corrected chi connectivity index (χ0v) is 20.0. The van der Waals surface area contributed by atoms with Gasteiger partial charge in [-0.2, -0.15) is 0 Å². The molecule has 34 heavy (non-hydrogen) atoms. The lowest BCUT2D eigenvalue weighted by atomic mass is 9.77.